The van der Waals surface area contributed by atoms with Crippen LogP contribution in [0.2, 0.25) is 0 Å². The smallest absolute Gasteiger partial charge is 0.328 e. The Balaban J connectivity index is 3.34. The van der Waals surface area contributed by atoms with Gasteiger partial charge in [-0.15, -0.1) is 0 Å². The Morgan fingerprint density at radius 1 is 0.870 bits per heavy atom. The van der Waals surface area contributed by atoms with E-state index in [0.717, 1.165) is 38.2 Å². The van der Waals surface area contributed by atoms with E-state index in [0.29, 0.717) is 0 Å². The Morgan fingerprint density at radius 3 is 2.17 bits per heavy atom. The largest absolute Gasteiger partial charge is 0.478 e. The van der Waals surface area contributed by atoms with Crippen molar-refractivity contribution in [1.82, 2.24) is 0 Å². The van der Waals surface area contributed by atoms with Crippen LogP contribution >= 0.6 is 0 Å². The Morgan fingerprint density at radius 2 is 1.48 bits per heavy atom. The molecule has 0 heterocycles. The molecule has 1 unspecified atom stereocenters. The molecule has 0 aliphatic carbocycles. The van der Waals surface area contributed by atoms with Gasteiger partial charge in [0.2, 0.25) is 0 Å². The summed E-state index contributed by atoms with van der Waals surface area (Å²) in [6.07, 6.45) is 22.8. The third kappa shape index (κ3) is 18.6. The summed E-state index contributed by atoms with van der Waals surface area (Å²) >= 11 is 0. The maximum Gasteiger partial charge on any atom is 0.328 e. The van der Waals surface area contributed by atoms with Crippen LogP contribution in [0.3, 0.4) is 0 Å². The van der Waals surface area contributed by atoms with Crippen LogP contribution in [0.5, 0.6) is 0 Å². The van der Waals surface area contributed by atoms with Crippen molar-refractivity contribution in [2.45, 2.75) is 83.7 Å². The van der Waals surface area contributed by atoms with E-state index in [1.807, 2.05) is 12.2 Å². The maximum absolute atomic E-state index is 10.2. The molecule has 0 saturated carbocycles. The number of rotatable bonds is 15. The van der Waals surface area contributed by atoms with E-state index in [1.54, 1.807) is 6.08 Å². The Kier molecular flexibility index (Phi) is 16.0. The maximum atomic E-state index is 10.2. The summed E-state index contributed by atoms with van der Waals surface area (Å²) in [6, 6.07) is 0. The zero-order valence-electron chi connectivity index (χ0n) is 14.6. The lowest BCUT2D eigenvalue weighted by Gasteiger charge is -2.09. The molecule has 3 heteroatoms. The highest BCUT2D eigenvalue weighted by atomic mass is 16.4. The standard InChI is InChI=1S/C20H34O3/c1-2-3-13-16-19(21)17-14-11-9-7-5-4-6-8-10-12-15-18-20(22)23/h6,8,10,12,15,18-19,21H,2-5,7,9,11,13-14,16-17H2,1H3,(H,22,23)/b8-6+,12-10+,18-15+. The molecule has 0 aliphatic heterocycles. The Bertz CT molecular complexity index is 356. The number of carboxylic acids is 1. The minimum Gasteiger partial charge on any atom is -0.478 e. The first-order chi connectivity index (χ1) is 11.2. The average molecular weight is 322 g/mol. The predicted octanol–water partition coefficient (Wildman–Crippen LogP) is 5.41. The molecule has 0 bridgehead atoms. The molecular formula is C20H34O3. The lowest BCUT2D eigenvalue weighted by molar-refractivity contribution is -0.131. The van der Waals surface area contributed by atoms with Crippen molar-refractivity contribution in [3.63, 3.8) is 0 Å². The molecule has 0 aromatic heterocycles. The lowest BCUT2D eigenvalue weighted by atomic mass is 10.0. The van der Waals surface area contributed by atoms with E-state index in [4.69, 9.17) is 5.11 Å². The highest BCUT2D eigenvalue weighted by Crippen LogP contribution is 2.12. The molecule has 132 valence electrons. The van der Waals surface area contributed by atoms with Gasteiger partial charge in [0, 0.05) is 6.08 Å². The van der Waals surface area contributed by atoms with Crippen LogP contribution < -0.4 is 0 Å². The zero-order chi connectivity index (χ0) is 17.2. The number of hydrogen-bond donors (Lipinski definition) is 2. The topological polar surface area (TPSA) is 57.5 Å². The normalized spacial score (nSPS) is 13.5. The second kappa shape index (κ2) is 17.0. The van der Waals surface area contributed by atoms with Gasteiger partial charge in [0.1, 0.15) is 0 Å². The second-order valence-corrected chi connectivity index (χ2v) is 6.01. The minimum absolute atomic E-state index is 0.0913. The van der Waals surface area contributed by atoms with Gasteiger partial charge in [-0.2, -0.15) is 0 Å². The molecule has 0 radical (unpaired) electrons. The van der Waals surface area contributed by atoms with Crippen molar-refractivity contribution in [3.05, 3.63) is 36.5 Å². The molecule has 0 saturated heterocycles. The monoisotopic (exact) mass is 322 g/mol. The summed E-state index contributed by atoms with van der Waals surface area (Å²) in [5.74, 6) is -0.924. The minimum atomic E-state index is -0.924. The van der Waals surface area contributed by atoms with Gasteiger partial charge in [0.05, 0.1) is 6.10 Å². The number of aliphatic hydroxyl groups excluding tert-OH is 1. The fourth-order valence-electron chi connectivity index (χ4n) is 2.39. The van der Waals surface area contributed by atoms with Crippen LogP contribution in [0, 0.1) is 0 Å². The van der Waals surface area contributed by atoms with E-state index in [-0.39, 0.29) is 6.10 Å². The van der Waals surface area contributed by atoms with Gasteiger partial charge in [0.15, 0.2) is 0 Å². The summed E-state index contributed by atoms with van der Waals surface area (Å²) in [5, 5.41) is 18.2. The van der Waals surface area contributed by atoms with Gasteiger partial charge in [-0.1, -0.05) is 82.2 Å². The first-order valence-electron chi connectivity index (χ1n) is 9.07. The summed E-state index contributed by atoms with van der Waals surface area (Å²) in [6.45, 7) is 2.19. The van der Waals surface area contributed by atoms with Crippen LogP contribution in [-0.2, 0) is 4.79 Å². The molecule has 0 amide bonds. The van der Waals surface area contributed by atoms with Crippen LogP contribution in [0.15, 0.2) is 36.5 Å². The summed E-state index contributed by atoms with van der Waals surface area (Å²) < 4.78 is 0. The van der Waals surface area contributed by atoms with Crippen molar-refractivity contribution >= 4 is 5.97 Å². The molecule has 0 spiro atoms. The van der Waals surface area contributed by atoms with Crippen molar-refractivity contribution < 1.29 is 15.0 Å². The SMILES string of the molecule is CCCCCC(O)CCCCCCC/C=C/C=C/C=C/C(=O)O. The van der Waals surface area contributed by atoms with E-state index in [9.17, 15) is 9.90 Å². The molecule has 23 heavy (non-hydrogen) atoms. The lowest BCUT2D eigenvalue weighted by Crippen LogP contribution is -2.05. The molecule has 0 aliphatic rings. The van der Waals surface area contributed by atoms with Gasteiger partial charge >= 0.3 is 5.97 Å². The van der Waals surface area contributed by atoms with E-state index in [2.05, 4.69) is 13.0 Å². The fraction of sp³-hybridized carbons (Fsp3) is 0.650. The number of hydrogen-bond acceptors (Lipinski definition) is 2. The summed E-state index contributed by atoms with van der Waals surface area (Å²) in [5.41, 5.74) is 0. The van der Waals surface area contributed by atoms with Gasteiger partial charge in [-0.25, -0.2) is 4.79 Å². The van der Waals surface area contributed by atoms with Crippen molar-refractivity contribution in [3.8, 4) is 0 Å². The van der Waals surface area contributed by atoms with Crippen LogP contribution in [0.4, 0.5) is 0 Å². The van der Waals surface area contributed by atoms with Gasteiger partial charge in [0.25, 0.3) is 0 Å². The van der Waals surface area contributed by atoms with Crippen molar-refractivity contribution in [2.75, 3.05) is 0 Å². The molecule has 1 atom stereocenters. The first-order valence-corrected chi connectivity index (χ1v) is 9.07. The highest BCUT2D eigenvalue weighted by Gasteiger charge is 2.02. The third-order valence-corrected chi connectivity index (χ3v) is 3.76. The highest BCUT2D eigenvalue weighted by molar-refractivity contribution is 5.80. The van der Waals surface area contributed by atoms with Gasteiger partial charge < -0.3 is 10.2 Å². The molecule has 0 fully saturated rings. The summed E-state index contributed by atoms with van der Waals surface area (Å²) in [4.78, 5) is 10.2. The Labute approximate surface area is 141 Å². The molecule has 0 rings (SSSR count). The molecule has 0 aromatic rings. The van der Waals surface area contributed by atoms with Crippen LogP contribution in [-0.4, -0.2) is 22.3 Å². The summed E-state index contributed by atoms with van der Waals surface area (Å²) in [7, 11) is 0. The predicted molar refractivity (Wildman–Crippen MR) is 97.5 cm³/mol. The number of allylic oxidation sites excluding steroid dienone is 5. The number of carbonyl (C=O) groups is 1. The van der Waals surface area contributed by atoms with E-state index in [1.165, 1.54) is 44.6 Å². The average Bonchev–Trinajstić information content (AvgIpc) is 2.51. The van der Waals surface area contributed by atoms with Gasteiger partial charge in [-0.05, 0) is 25.7 Å². The number of aliphatic carboxylic acids is 1. The number of carboxylic acid groups (broad SMARTS) is 1. The molecule has 2 N–H and O–H groups in total. The molecule has 0 aromatic carbocycles. The first kappa shape index (κ1) is 21.6. The zero-order valence-corrected chi connectivity index (χ0v) is 14.6. The van der Waals surface area contributed by atoms with Crippen LogP contribution in [0.25, 0.3) is 0 Å². The second-order valence-electron chi connectivity index (χ2n) is 6.01. The third-order valence-electron chi connectivity index (χ3n) is 3.76. The van der Waals surface area contributed by atoms with Crippen LogP contribution in [0.1, 0.15) is 77.6 Å². The van der Waals surface area contributed by atoms with Crippen molar-refractivity contribution in [1.29, 1.82) is 0 Å². The van der Waals surface area contributed by atoms with Gasteiger partial charge in [-0.3, -0.25) is 0 Å². The fourth-order valence-corrected chi connectivity index (χ4v) is 2.39. The van der Waals surface area contributed by atoms with Crippen molar-refractivity contribution in [2.24, 2.45) is 0 Å². The number of unbranched alkanes of at least 4 members (excludes halogenated alkanes) is 7. The molecule has 3 nitrogen and oxygen atoms in total. The van der Waals surface area contributed by atoms with E-state index >= 15 is 0 Å². The Hall–Kier alpha value is -1.35. The quantitative estimate of drug-likeness (QED) is 0.241. The number of aliphatic hydroxyl groups is 1. The molecular weight excluding hydrogens is 288 g/mol. The van der Waals surface area contributed by atoms with E-state index < -0.39 is 5.97 Å².